The summed E-state index contributed by atoms with van der Waals surface area (Å²) >= 11 is 12.0. The number of amides is 1. The van der Waals surface area contributed by atoms with Crippen LogP contribution in [0.2, 0.25) is 10.0 Å². The third-order valence-electron chi connectivity index (χ3n) is 3.30. The second-order valence-corrected chi connectivity index (χ2v) is 5.68. The molecule has 1 amide bonds. The van der Waals surface area contributed by atoms with Crippen molar-refractivity contribution in [1.82, 2.24) is 0 Å². The standard InChI is InChI=1S/C17H18Cl2N2O3/c1-23-11-6-7-13(15(10-11)24-2)21-16(22)8-9-20-14-5-3-4-12(18)17(14)19/h3-7,10,20H,8-9H2,1-2H3,(H,21,22). The lowest BCUT2D eigenvalue weighted by Crippen LogP contribution is -2.16. The Hall–Kier alpha value is -2.11. The van der Waals surface area contributed by atoms with Crippen molar-refractivity contribution in [2.75, 3.05) is 31.4 Å². The second-order valence-electron chi connectivity index (χ2n) is 4.89. The van der Waals surface area contributed by atoms with Crippen molar-refractivity contribution in [3.63, 3.8) is 0 Å². The number of carbonyl (C=O) groups excluding carboxylic acids is 1. The lowest BCUT2D eigenvalue weighted by molar-refractivity contribution is -0.116. The smallest absolute Gasteiger partial charge is 0.226 e. The highest BCUT2D eigenvalue weighted by atomic mass is 35.5. The van der Waals surface area contributed by atoms with E-state index in [0.717, 1.165) is 0 Å². The van der Waals surface area contributed by atoms with E-state index in [1.165, 1.54) is 7.11 Å². The Labute approximate surface area is 150 Å². The molecule has 2 N–H and O–H groups in total. The first-order valence-electron chi connectivity index (χ1n) is 7.25. The minimum Gasteiger partial charge on any atom is -0.497 e. The molecule has 0 fully saturated rings. The van der Waals surface area contributed by atoms with Gasteiger partial charge in [-0.25, -0.2) is 0 Å². The molecule has 0 unspecified atom stereocenters. The van der Waals surface area contributed by atoms with E-state index >= 15 is 0 Å². The normalized spacial score (nSPS) is 10.2. The molecular weight excluding hydrogens is 351 g/mol. The first-order chi connectivity index (χ1) is 11.5. The summed E-state index contributed by atoms with van der Waals surface area (Å²) in [6.45, 7) is 0.421. The molecule has 0 radical (unpaired) electrons. The third-order valence-corrected chi connectivity index (χ3v) is 4.12. The van der Waals surface area contributed by atoms with E-state index in [9.17, 15) is 4.79 Å². The molecule has 0 bridgehead atoms. The minimum absolute atomic E-state index is 0.149. The molecule has 0 saturated carbocycles. The van der Waals surface area contributed by atoms with Crippen molar-refractivity contribution in [2.24, 2.45) is 0 Å². The molecule has 7 heteroatoms. The molecule has 0 heterocycles. The predicted molar refractivity (Wildman–Crippen MR) is 97.7 cm³/mol. The fourth-order valence-electron chi connectivity index (χ4n) is 2.07. The van der Waals surface area contributed by atoms with Crippen LogP contribution in [-0.4, -0.2) is 26.7 Å². The Kier molecular flexibility index (Phi) is 6.58. The van der Waals surface area contributed by atoms with Crippen LogP contribution in [0, 0.1) is 0 Å². The lowest BCUT2D eigenvalue weighted by Gasteiger charge is -2.12. The molecule has 2 rings (SSSR count). The third kappa shape index (κ3) is 4.69. The highest BCUT2D eigenvalue weighted by molar-refractivity contribution is 6.43. The van der Waals surface area contributed by atoms with Crippen molar-refractivity contribution >= 4 is 40.5 Å². The van der Waals surface area contributed by atoms with E-state index in [4.69, 9.17) is 32.7 Å². The fraction of sp³-hybridized carbons (Fsp3) is 0.235. The SMILES string of the molecule is COc1ccc(NC(=O)CCNc2cccc(Cl)c2Cl)c(OC)c1. The van der Waals surface area contributed by atoms with E-state index < -0.39 is 0 Å². The van der Waals surface area contributed by atoms with Gasteiger partial charge in [0.25, 0.3) is 0 Å². The average Bonchev–Trinajstić information content (AvgIpc) is 2.59. The van der Waals surface area contributed by atoms with Crippen LogP contribution in [0.5, 0.6) is 11.5 Å². The molecule has 0 spiro atoms. The van der Waals surface area contributed by atoms with Gasteiger partial charge in [-0.3, -0.25) is 4.79 Å². The van der Waals surface area contributed by atoms with Gasteiger partial charge in [-0.05, 0) is 24.3 Å². The summed E-state index contributed by atoms with van der Waals surface area (Å²) in [5.74, 6) is 1.04. The van der Waals surface area contributed by atoms with Gasteiger partial charge < -0.3 is 20.1 Å². The van der Waals surface area contributed by atoms with Crippen LogP contribution in [-0.2, 0) is 4.79 Å². The van der Waals surface area contributed by atoms with Crippen molar-refractivity contribution in [3.8, 4) is 11.5 Å². The summed E-state index contributed by atoms with van der Waals surface area (Å²) in [6.07, 6.45) is 0.262. The van der Waals surface area contributed by atoms with Gasteiger partial charge in [0.05, 0.1) is 35.6 Å². The molecule has 128 valence electrons. The van der Waals surface area contributed by atoms with E-state index in [1.54, 1.807) is 43.5 Å². The Morgan fingerprint density at radius 3 is 2.58 bits per heavy atom. The first-order valence-corrected chi connectivity index (χ1v) is 8.00. The molecule has 0 atom stereocenters. The maximum atomic E-state index is 12.1. The fourth-order valence-corrected chi connectivity index (χ4v) is 2.43. The molecule has 0 aliphatic heterocycles. The molecular formula is C17H18Cl2N2O3. The van der Waals surface area contributed by atoms with Crippen LogP contribution < -0.4 is 20.1 Å². The topological polar surface area (TPSA) is 59.6 Å². The Bertz CT molecular complexity index is 723. The van der Waals surface area contributed by atoms with E-state index in [-0.39, 0.29) is 12.3 Å². The van der Waals surface area contributed by atoms with Gasteiger partial charge in [0.2, 0.25) is 5.91 Å². The van der Waals surface area contributed by atoms with Crippen molar-refractivity contribution in [1.29, 1.82) is 0 Å². The highest BCUT2D eigenvalue weighted by Gasteiger charge is 2.09. The number of hydrogen-bond acceptors (Lipinski definition) is 4. The van der Waals surface area contributed by atoms with Gasteiger partial charge in [-0.1, -0.05) is 29.3 Å². The number of carbonyl (C=O) groups is 1. The number of nitrogens with one attached hydrogen (secondary N) is 2. The number of hydrogen-bond donors (Lipinski definition) is 2. The molecule has 2 aromatic rings. The summed E-state index contributed by atoms with van der Waals surface area (Å²) in [5.41, 5.74) is 1.28. The van der Waals surface area contributed by atoms with Crippen molar-refractivity contribution in [3.05, 3.63) is 46.4 Å². The van der Waals surface area contributed by atoms with Crippen LogP contribution >= 0.6 is 23.2 Å². The first kappa shape index (κ1) is 18.2. The zero-order valence-electron chi connectivity index (χ0n) is 13.4. The van der Waals surface area contributed by atoms with Crippen LogP contribution in [0.3, 0.4) is 0 Å². The molecule has 0 aromatic heterocycles. The summed E-state index contributed by atoms with van der Waals surface area (Å²) < 4.78 is 10.4. The minimum atomic E-state index is -0.149. The Balaban J connectivity index is 1.91. The van der Waals surface area contributed by atoms with Gasteiger partial charge in [0.15, 0.2) is 0 Å². The number of benzene rings is 2. The molecule has 24 heavy (non-hydrogen) atoms. The monoisotopic (exact) mass is 368 g/mol. The summed E-state index contributed by atoms with van der Waals surface area (Å²) in [4.78, 5) is 12.1. The largest absolute Gasteiger partial charge is 0.497 e. The van der Waals surface area contributed by atoms with E-state index in [1.807, 2.05) is 0 Å². The molecule has 0 aliphatic carbocycles. The number of rotatable bonds is 7. The van der Waals surface area contributed by atoms with Gasteiger partial charge in [0.1, 0.15) is 11.5 Å². The number of halogens is 2. The van der Waals surface area contributed by atoms with Crippen LogP contribution in [0.25, 0.3) is 0 Å². The second kappa shape index (κ2) is 8.66. The highest BCUT2D eigenvalue weighted by Crippen LogP contribution is 2.30. The maximum absolute atomic E-state index is 12.1. The number of anilines is 2. The summed E-state index contributed by atoms with van der Waals surface area (Å²) in [6, 6.07) is 10.5. The van der Waals surface area contributed by atoms with E-state index in [0.29, 0.717) is 39.5 Å². The van der Waals surface area contributed by atoms with Crippen LogP contribution in [0.4, 0.5) is 11.4 Å². The summed E-state index contributed by atoms with van der Waals surface area (Å²) in [7, 11) is 3.10. The van der Waals surface area contributed by atoms with Gasteiger partial charge >= 0.3 is 0 Å². The molecule has 0 aliphatic rings. The number of methoxy groups -OCH3 is 2. The van der Waals surface area contributed by atoms with Crippen molar-refractivity contribution < 1.29 is 14.3 Å². The number of ether oxygens (including phenoxy) is 2. The Morgan fingerprint density at radius 2 is 1.88 bits per heavy atom. The van der Waals surface area contributed by atoms with E-state index in [2.05, 4.69) is 10.6 Å². The lowest BCUT2D eigenvalue weighted by atomic mass is 10.2. The quantitative estimate of drug-likeness (QED) is 0.757. The molecule has 0 saturated heterocycles. The zero-order valence-corrected chi connectivity index (χ0v) is 14.9. The van der Waals surface area contributed by atoms with Crippen LogP contribution in [0.15, 0.2) is 36.4 Å². The predicted octanol–water partition coefficient (Wildman–Crippen LogP) is 4.45. The van der Waals surface area contributed by atoms with Crippen molar-refractivity contribution in [2.45, 2.75) is 6.42 Å². The van der Waals surface area contributed by atoms with Crippen LogP contribution in [0.1, 0.15) is 6.42 Å². The zero-order chi connectivity index (χ0) is 17.5. The molecule has 5 nitrogen and oxygen atoms in total. The van der Waals surface area contributed by atoms with Gasteiger partial charge in [-0.2, -0.15) is 0 Å². The average molecular weight is 369 g/mol. The summed E-state index contributed by atoms with van der Waals surface area (Å²) in [5, 5.41) is 6.80. The molecule has 2 aromatic carbocycles. The van der Waals surface area contributed by atoms with Gasteiger partial charge in [-0.15, -0.1) is 0 Å². The van der Waals surface area contributed by atoms with Gasteiger partial charge in [0, 0.05) is 19.0 Å². The maximum Gasteiger partial charge on any atom is 0.226 e. The Morgan fingerprint density at radius 1 is 1.08 bits per heavy atom.